The second-order valence-corrected chi connectivity index (χ2v) is 11.1. The molecule has 0 saturated carbocycles. The predicted octanol–water partition coefficient (Wildman–Crippen LogP) is 5.96. The summed E-state index contributed by atoms with van der Waals surface area (Å²) in [5.74, 6) is 0. The number of aryl methyl sites for hydroxylation is 1. The van der Waals surface area contributed by atoms with E-state index in [-0.39, 0.29) is 0 Å². The fourth-order valence-electron chi connectivity index (χ4n) is 4.52. The Balaban J connectivity index is 1.80. The number of hydrogen-bond acceptors (Lipinski definition) is 0. The molecule has 0 aliphatic heterocycles. The normalized spacial score (nSPS) is 18.8. The SMILES string of the molecule is [F][Hf]([F])[CH]1C(n2c3c(c4ccccc42)CCCC3)=Cc2ccccc21. The van der Waals surface area contributed by atoms with Gasteiger partial charge in [-0.3, -0.25) is 0 Å². The van der Waals surface area contributed by atoms with Crippen LogP contribution in [-0.4, -0.2) is 4.57 Å². The summed E-state index contributed by atoms with van der Waals surface area (Å²) in [6.45, 7) is 0. The first-order valence-electron chi connectivity index (χ1n) is 8.85. The van der Waals surface area contributed by atoms with Gasteiger partial charge in [0.1, 0.15) is 0 Å². The van der Waals surface area contributed by atoms with E-state index in [0.717, 1.165) is 41.6 Å². The summed E-state index contributed by atoms with van der Waals surface area (Å²) in [5.41, 5.74) is 6.39. The number of rotatable bonds is 2. The number of benzene rings is 2. The zero-order valence-electron chi connectivity index (χ0n) is 13.8. The van der Waals surface area contributed by atoms with Crippen LogP contribution in [0.15, 0.2) is 48.5 Å². The van der Waals surface area contributed by atoms with Crippen LogP contribution in [0.4, 0.5) is 5.33 Å². The Labute approximate surface area is 155 Å². The number of nitrogens with zero attached hydrogens (tertiary/aromatic N) is 1. The maximum absolute atomic E-state index is 14.3. The molecule has 0 fully saturated rings. The van der Waals surface area contributed by atoms with Crippen molar-refractivity contribution in [1.82, 2.24) is 4.57 Å². The van der Waals surface area contributed by atoms with Gasteiger partial charge in [-0.25, -0.2) is 0 Å². The Morgan fingerprint density at radius 1 is 0.920 bits per heavy atom. The molecule has 2 aromatic carbocycles. The van der Waals surface area contributed by atoms with Crippen molar-refractivity contribution in [2.24, 2.45) is 0 Å². The van der Waals surface area contributed by atoms with Crippen molar-refractivity contribution in [3.05, 3.63) is 70.9 Å². The number of fused-ring (bicyclic) bond motifs is 4. The van der Waals surface area contributed by atoms with E-state index in [0.29, 0.717) is 0 Å². The Morgan fingerprint density at radius 2 is 1.68 bits per heavy atom. The summed E-state index contributed by atoms with van der Waals surface area (Å²) < 4.78 is 30.1. The fourth-order valence-corrected chi connectivity index (χ4v) is 7.88. The molecule has 1 unspecified atom stereocenters. The molecule has 2 aliphatic rings. The summed E-state index contributed by atoms with van der Waals surface area (Å²) in [6, 6.07) is 16.0. The Kier molecular flexibility index (Phi) is 3.77. The predicted molar refractivity (Wildman–Crippen MR) is 94.1 cm³/mol. The van der Waals surface area contributed by atoms with Crippen molar-refractivity contribution < 1.29 is 28.0 Å². The third kappa shape index (κ3) is 2.33. The molecular formula is C21H18F2HfN. The summed E-state index contributed by atoms with van der Waals surface area (Å²) in [4.78, 5) is 0. The topological polar surface area (TPSA) is 4.93 Å². The van der Waals surface area contributed by atoms with Crippen molar-refractivity contribution in [2.75, 3.05) is 0 Å². The van der Waals surface area contributed by atoms with Gasteiger partial charge in [0.2, 0.25) is 0 Å². The number of allylic oxidation sites excluding steroid dienone is 1. The monoisotopic (exact) mass is 502 g/mol. The van der Waals surface area contributed by atoms with Crippen molar-refractivity contribution >= 4 is 22.7 Å². The summed E-state index contributed by atoms with van der Waals surface area (Å²) in [6.07, 6.45) is 6.41. The van der Waals surface area contributed by atoms with Crippen LogP contribution in [0.5, 0.6) is 0 Å². The summed E-state index contributed by atoms with van der Waals surface area (Å²) in [5, 5.41) is 1.25. The number of halogens is 2. The molecule has 0 N–H and O–H groups in total. The first-order chi connectivity index (χ1) is 12.3. The first-order valence-corrected chi connectivity index (χ1v) is 13.6. The summed E-state index contributed by atoms with van der Waals surface area (Å²) in [7, 11) is 0. The van der Waals surface area contributed by atoms with Crippen LogP contribution in [0.2, 0.25) is 0 Å². The number of aromatic nitrogens is 1. The molecule has 1 atom stereocenters. The van der Waals surface area contributed by atoms with Gasteiger partial charge < -0.3 is 0 Å². The molecule has 0 saturated heterocycles. The van der Waals surface area contributed by atoms with E-state index in [4.69, 9.17) is 0 Å². The molecule has 1 nitrogen and oxygen atoms in total. The van der Waals surface area contributed by atoms with Crippen molar-refractivity contribution in [1.29, 1.82) is 0 Å². The molecule has 0 amide bonds. The molecular weight excluding hydrogens is 483 g/mol. The zero-order chi connectivity index (χ0) is 17.0. The molecule has 0 bridgehead atoms. The van der Waals surface area contributed by atoms with Crippen LogP contribution in [0, 0.1) is 0 Å². The molecule has 25 heavy (non-hydrogen) atoms. The zero-order valence-corrected chi connectivity index (χ0v) is 17.4. The molecule has 0 spiro atoms. The van der Waals surface area contributed by atoms with Crippen LogP contribution in [0.25, 0.3) is 22.7 Å². The maximum atomic E-state index is 14.3. The average molecular weight is 501 g/mol. The molecule has 1 aromatic heterocycles. The van der Waals surface area contributed by atoms with E-state index in [2.05, 4.69) is 22.8 Å². The van der Waals surface area contributed by atoms with Crippen LogP contribution in [-0.2, 0) is 35.5 Å². The number of para-hydroxylation sites is 1. The average Bonchev–Trinajstić information content (AvgIpc) is 3.17. The van der Waals surface area contributed by atoms with Gasteiger partial charge in [-0.2, -0.15) is 0 Å². The molecule has 5 rings (SSSR count). The van der Waals surface area contributed by atoms with E-state index in [1.54, 1.807) is 0 Å². The minimum absolute atomic E-state index is 0.636. The van der Waals surface area contributed by atoms with Crippen molar-refractivity contribution in [3.63, 3.8) is 0 Å². The quantitative estimate of drug-likeness (QED) is 0.383. The fraction of sp³-hybridized carbons (Fsp3) is 0.238. The van der Waals surface area contributed by atoms with Gasteiger partial charge in [-0.05, 0) is 0 Å². The molecule has 125 valence electrons. The second kappa shape index (κ2) is 6.01. The standard InChI is InChI=1S/C21H18N.2FH.Hf/c1-2-8-16-14-17(13-15(16)7-1)22-20-11-5-3-9-18(20)19-10-4-6-12-21(19)22;;;/h1-3,5,7-9,11,13-14H,4,6,10,12H2;2*1H;/q;;;+2/p-2. The van der Waals surface area contributed by atoms with E-state index in [1.165, 1.54) is 23.1 Å². The van der Waals surface area contributed by atoms with Crippen molar-refractivity contribution in [3.8, 4) is 0 Å². The second-order valence-electron chi connectivity index (χ2n) is 6.91. The van der Waals surface area contributed by atoms with E-state index >= 15 is 0 Å². The van der Waals surface area contributed by atoms with Gasteiger partial charge in [0.25, 0.3) is 0 Å². The Bertz CT molecular complexity index is 1000. The van der Waals surface area contributed by atoms with Crippen LogP contribution in [0.1, 0.15) is 38.9 Å². The Hall–Kier alpha value is -1.55. The molecule has 1 heterocycles. The third-order valence-corrected chi connectivity index (χ3v) is 9.31. The minimum atomic E-state index is -4.65. The van der Waals surface area contributed by atoms with Crippen molar-refractivity contribution in [2.45, 2.75) is 29.4 Å². The van der Waals surface area contributed by atoms with Gasteiger partial charge in [0.15, 0.2) is 0 Å². The van der Waals surface area contributed by atoms with E-state index in [1.807, 2.05) is 36.4 Å². The molecule has 2 aliphatic carbocycles. The van der Waals surface area contributed by atoms with Crippen LogP contribution in [0.3, 0.4) is 0 Å². The van der Waals surface area contributed by atoms with Crippen LogP contribution < -0.4 is 0 Å². The third-order valence-electron chi connectivity index (χ3n) is 5.56. The van der Waals surface area contributed by atoms with Gasteiger partial charge in [0.05, 0.1) is 0 Å². The van der Waals surface area contributed by atoms with Gasteiger partial charge in [0, 0.05) is 0 Å². The van der Waals surface area contributed by atoms with Gasteiger partial charge >= 0.3 is 155 Å². The Morgan fingerprint density at radius 3 is 2.56 bits per heavy atom. The van der Waals surface area contributed by atoms with Gasteiger partial charge in [-0.15, -0.1) is 0 Å². The molecule has 3 aromatic rings. The number of hydrogen-bond donors (Lipinski definition) is 0. The van der Waals surface area contributed by atoms with Crippen LogP contribution >= 0.6 is 0 Å². The van der Waals surface area contributed by atoms with E-state index in [9.17, 15) is 5.33 Å². The van der Waals surface area contributed by atoms with E-state index < -0.39 is 26.3 Å². The molecule has 4 heteroatoms. The van der Waals surface area contributed by atoms with Gasteiger partial charge in [-0.1, -0.05) is 0 Å². The molecule has 0 radical (unpaired) electrons. The first kappa shape index (κ1) is 15.7. The summed E-state index contributed by atoms with van der Waals surface area (Å²) >= 11 is -4.65.